The molecule has 15 heavy (non-hydrogen) atoms. The first kappa shape index (κ1) is 14.7. The molecule has 0 spiro atoms. The Labute approximate surface area is 96.6 Å². The van der Waals surface area contributed by atoms with E-state index in [0.29, 0.717) is 0 Å². The molecular formula is C10H19AlO4. The van der Waals surface area contributed by atoms with E-state index in [1.54, 1.807) is 13.0 Å². The number of carbonyl (C=O) groups excluding carboxylic acids is 1. The highest BCUT2D eigenvalue weighted by Crippen LogP contribution is 2.02. The molecule has 0 amide bonds. The average Bonchev–Trinajstić information content (AvgIpc) is 2.00. The highest BCUT2D eigenvalue weighted by atomic mass is 27.3. The van der Waals surface area contributed by atoms with Crippen LogP contribution in [-0.2, 0) is 16.2 Å². The lowest BCUT2D eigenvalue weighted by Crippen LogP contribution is -2.34. The highest BCUT2D eigenvalue weighted by molar-refractivity contribution is 6.39. The molecule has 0 rings (SSSR count). The molecule has 0 aliphatic rings. The topological polar surface area (TPSA) is 44.8 Å². The maximum Gasteiger partial charge on any atom is 1.00 e. The van der Waals surface area contributed by atoms with E-state index in [-0.39, 0.29) is 12.2 Å². The predicted octanol–water partition coefficient (Wildman–Crippen LogP) is 1.94. The van der Waals surface area contributed by atoms with Crippen LogP contribution in [0.15, 0.2) is 12.2 Å². The van der Waals surface area contributed by atoms with Crippen LogP contribution in [0.1, 0.15) is 34.6 Å². The number of hydrogen-bond acceptors (Lipinski definition) is 4. The molecule has 5 heteroatoms. The third kappa shape index (κ3) is 8.64. The number of hydrogen-bond donors (Lipinski definition) is 0. The average molecular weight is 230 g/mol. The van der Waals surface area contributed by atoms with E-state index in [9.17, 15) is 4.79 Å². The fourth-order valence-electron chi connectivity index (χ4n) is 0.802. The largest absolute Gasteiger partial charge is 1.00 e. The summed E-state index contributed by atoms with van der Waals surface area (Å²) in [4.78, 5) is 11.2. The van der Waals surface area contributed by atoms with E-state index in [1.807, 2.05) is 27.7 Å². The predicted molar refractivity (Wildman–Crippen MR) is 59.1 cm³/mol. The van der Waals surface area contributed by atoms with Crippen LogP contribution >= 0.6 is 0 Å². The molecule has 0 fully saturated rings. The van der Waals surface area contributed by atoms with Crippen molar-refractivity contribution in [3.05, 3.63) is 12.2 Å². The Morgan fingerprint density at radius 3 is 1.93 bits per heavy atom. The third-order valence-electron chi connectivity index (χ3n) is 1.28. The van der Waals surface area contributed by atoms with E-state index >= 15 is 0 Å². The van der Waals surface area contributed by atoms with E-state index < -0.39 is 21.1 Å². The molecule has 0 aliphatic heterocycles. The summed E-state index contributed by atoms with van der Waals surface area (Å²) in [5.74, 6) is -0.407. The fourth-order valence-corrected chi connectivity index (χ4v) is 2.13. The van der Waals surface area contributed by atoms with Gasteiger partial charge in [-0.3, -0.25) is 4.79 Å². The molecule has 0 aromatic heterocycles. The van der Waals surface area contributed by atoms with Crippen LogP contribution in [-0.4, -0.2) is 33.3 Å². The zero-order valence-electron chi connectivity index (χ0n) is 10.0. The summed E-state index contributed by atoms with van der Waals surface area (Å²) in [6.45, 7) is 9.28. The Morgan fingerprint density at radius 1 is 1.13 bits per heavy atom. The SMILES string of the molecule is CC=CC(=O)[O][Al]([O]C(C)C)[O]C(C)C. The lowest BCUT2D eigenvalue weighted by Gasteiger charge is -2.16. The van der Waals surface area contributed by atoms with Gasteiger partial charge in [0.15, 0.2) is 0 Å². The van der Waals surface area contributed by atoms with Crippen molar-refractivity contribution in [2.45, 2.75) is 46.8 Å². The Morgan fingerprint density at radius 2 is 1.60 bits per heavy atom. The van der Waals surface area contributed by atoms with Crippen molar-refractivity contribution in [2.75, 3.05) is 0 Å². The zero-order valence-corrected chi connectivity index (χ0v) is 11.2. The molecular weight excluding hydrogens is 211 g/mol. The van der Waals surface area contributed by atoms with Gasteiger partial charge in [0.05, 0.1) is 0 Å². The minimum absolute atomic E-state index is 0.00109. The van der Waals surface area contributed by atoms with Crippen LogP contribution in [0.2, 0.25) is 0 Å². The summed E-state index contributed by atoms with van der Waals surface area (Å²) in [6.07, 6.45) is 2.98. The van der Waals surface area contributed by atoms with Gasteiger partial charge in [-0.05, 0) is 34.6 Å². The number of allylic oxidation sites excluding steroid dienone is 1. The van der Waals surface area contributed by atoms with E-state index in [4.69, 9.17) is 11.4 Å². The molecule has 0 unspecified atom stereocenters. The summed E-state index contributed by atoms with van der Waals surface area (Å²) in [7, 11) is 0. The Kier molecular flexibility index (Phi) is 7.71. The highest BCUT2D eigenvalue weighted by Gasteiger charge is 2.38. The molecule has 0 radical (unpaired) electrons. The lowest BCUT2D eigenvalue weighted by atomic mass is 10.5. The molecule has 0 N–H and O–H groups in total. The van der Waals surface area contributed by atoms with Gasteiger partial charge in [0.1, 0.15) is 0 Å². The van der Waals surface area contributed by atoms with Gasteiger partial charge in [0, 0.05) is 18.3 Å². The second-order valence-electron chi connectivity index (χ2n) is 3.60. The number of rotatable bonds is 6. The van der Waals surface area contributed by atoms with Crippen LogP contribution in [0.4, 0.5) is 0 Å². The molecule has 0 saturated heterocycles. The van der Waals surface area contributed by atoms with Gasteiger partial charge >= 0.3 is 15.1 Å². The second kappa shape index (κ2) is 7.89. The third-order valence-corrected chi connectivity index (χ3v) is 3.24. The summed E-state index contributed by atoms with van der Waals surface area (Å²) in [5.41, 5.74) is 0. The molecule has 4 nitrogen and oxygen atoms in total. The van der Waals surface area contributed by atoms with Crippen molar-refractivity contribution in [1.82, 2.24) is 0 Å². The van der Waals surface area contributed by atoms with Crippen molar-refractivity contribution in [2.24, 2.45) is 0 Å². The van der Waals surface area contributed by atoms with E-state index in [1.165, 1.54) is 6.08 Å². The minimum Gasteiger partial charge on any atom is -0.569 e. The zero-order chi connectivity index (χ0) is 11.8. The molecule has 0 aromatic rings. The Bertz CT molecular complexity index is 203. The van der Waals surface area contributed by atoms with Gasteiger partial charge in [-0.2, -0.15) is 0 Å². The van der Waals surface area contributed by atoms with Gasteiger partial charge in [-0.15, -0.1) is 0 Å². The second-order valence-corrected chi connectivity index (χ2v) is 4.95. The lowest BCUT2D eigenvalue weighted by molar-refractivity contribution is -0.133. The van der Waals surface area contributed by atoms with Gasteiger partial charge in [-0.1, -0.05) is 6.08 Å². The van der Waals surface area contributed by atoms with Gasteiger partial charge in [0.2, 0.25) is 0 Å². The molecule has 0 aromatic carbocycles. The smallest absolute Gasteiger partial charge is 0.569 e. The first-order valence-corrected chi connectivity index (χ1v) is 6.51. The summed E-state index contributed by atoms with van der Waals surface area (Å²) >= 11 is -2.34. The first-order valence-electron chi connectivity index (χ1n) is 5.10. The maximum atomic E-state index is 11.2. The van der Waals surface area contributed by atoms with Crippen LogP contribution in [0.25, 0.3) is 0 Å². The van der Waals surface area contributed by atoms with Gasteiger partial charge < -0.3 is 11.4 Å². The van der Waals surface area contributed by atoms with Crippen molar-refractivity contribution in [3.8, 4) is 0 Å². The van der Waals surface area contributed by atoms with Gasteiger partial charge in [-0.25, -0.2) is 0 Å². The Balaban J connectivity index is 4.17. The normalized spacial score (nSPS) is 11.4. The first-order chi connectivity index (χ1) is 6.95. The van der Waals surface area contributed by atoms with Gasteiger partial charge in [0.25, 0.3) is 5.97 Å². The van der Waals surface area contributed by atoms with Crippen LogP contribution < -0.4 is 0 Å². The van der Waals surface area contributed by atoms with Crippen LogP contribution in [0.5, 0.6) is 0 Å². The van der Waals surface area contributed by atoms with Crippen LogP contribution in [0, 0.1) is 0 Å². The fraction of sp³-hybridized carbons (Fsp3) is 0.700. The van der Waals surface area contributed by atoms with Crippen molar-refractivity contribution >= 4 is 21.1 Å². The monoisotopic (exact) mass is 230 g/mol. The maximum absolute atomic E-state index is 11.2. The Hall–Kier alpha value is -0.338. The van der Waals surface area contributed by atoms with E-state index in [0.717, 1.165) is 0 Å². The molecule has 0 heterocycles. The minimum atomic E-state index is -2.34. The molecule has 0 aliphatic carbocycles. The summed E-state index contributed by atoms with van der Waals surface area (Å²) in [6, 6.07) is 0. The summed E-state index contributed by atoms with van der Waals surface area (Å²) < 4.78 is 15.9. The molecule has 0 bridgehead atoms. The van der Waals surface area contributed by atoms with Crippen molar-refractivity contribution in [1.29, 1.82) is 0 Å². The standard InChI is InChI=1S/C4H6O2.2C3H7O.Al/c1-2-3-4(5)6;2*1-3(2)4;/h2-3H,1H3,(H,5,6);2*3H,1-2H3;/q;2*-1;+3/p-1. The van der Waals surface area contributed by atoms with E-state index in [2.05, 4.69) is 0 Å². The molecule has 86 valence electrons. The quantitative estimate of drug-likeness (QED) is 0.516. The van der Waals surface area contributed by atoms with Crippen LogP contribution in [0.3, 0.4) is 0 Å². The molecule has 0 saturated carbocycles. The number of carbonyl (C=O) groups is 1. The summed E-state index contributed by atoms with van der Waals surface area (Å²) in [5, 5.41) is 0. The molecule has 0 atom stereocenters. The van der Waals surface area contributed by atoms with Crippen molar-refractivity contribution in [3.63, 3.8) is 0 Å². The van der Waals surface area contributed by atoms with Crippen molar-refractivity contribution < 1.29 is 16.2 Å².